The summed E-state index contributed by atoms with van der Waals surface area (Å²) in [6.45, 7) is 4.16. The van der Waals surface area contributed by atoms with Gasteiger partial charge in [-0.25, -0.2) is 9.78 Å². The highest BCUT2D eigenvalue weighted by atomic mass is 16.5. The lowest BCUT2D eigenvalue weighted by Crippen LogP contribution is -2.51. The Morgan fingerprint density at radius 1 is 1.11 bits per heavy atom. The maximum Gasteiger partial charge on any atom is 0.322 e. The average molecular weight is 384 g/mol. The van der Waals surface area contributed by atoms with E-state index in [9.17, 15) is 9.59 Å². The Morgan fingerprint density at radius 2 is 1.86 bits per heavy atom. The summed E-state index contributed by atoms with van der Waals surface area (Å²) in [4.78, 5) is 32.8. The molecule has 1 aliphatic rings. The molecule has 8 heteroatoms. The summed E-state index contributed by atoms with van der Waals surface area (Å²) >= 11 is 0. The van der Waals surface area contributed by atoms with Gasteiger partial charge in [0.2, 0.25) is 5.88 Å². The quantitative estimate of drug-likeness (QED) is 0.856. The SMILES string of the molecule is CCOc1ncccc1NC(=O)N1CCN(C(=O)c2cccc(OC)c2)CC1. The van der Waals surface area contributed by atoms with Crippen molar-refractivity contribution in [1.82, 2.24) is 14.8 Å². The summed E-state index contributed by atoms with van der Waals surface area (Å²) in [5, 5.41) is 2.84. The molecule has 2 heterocycles. The minimum absolute atomic E-state index is 0.0650. The second kappa shape index (κ2) is 9.07. The Morgan fingerprint density at radius 3 is 2.57 bits per heavy atom. The molecule has 0 aliphatic carbocycles. The Hall–Kier alpha value is -3.29. The van der Waals surface area contributed by atoms with Crippen LogP contribution in [0.3, 0.4) is 0 Å². The number of urea groups is 1. The first kappa shape index (κ1) is 19.5. The van der Waals surface area contributed by atoms with E-state index in [0.29, 0.717) is 55.7 Å². The van der Waals surface area contributed by atoms with Gasteiger partial charge in [-0.15, -0.1) is 0 Å². The third kappa shape index (κ3) is 4.51. The van der Waals surface area contributed by atoms with E-state index in [0.717, 1.165) is 0 Å². The van der Waals surface area contributed by atoms with E-state index in [2.05, 4.69) is 10.3 Å². The van der Waals surface area contributed by atoms with Gasteiger partial charge in [-0.05, 0) is 37.3 Å². The van der Waals surface area contributed by atoms with E-state index < -0.39 is 0 Å². The van der Waals surface area contributed by atoms with Gasteiger partial charge in [-0.2, -0.15) is 0 Å². The lowest BCUT2D eigenvalue weighted by molar-refractivity contribution is 0.0671. The molecule has 148 valence electrons. The Balaban J connectivity index is 1.57. The van der Waals surface area contributed by atoms with Crippen molar-refractivity contribution in [2.24, 2.45) is 0 Å². The molecule has 0 bridgehead atoms. The molecular weight excluding hydrogens is 360 g/mol. The number of rotatable bonds is 5. The van der Waals surface area contributed by atoms with E-state index >= 15 is 0 Å². The summed E-state index contributed by atoms with van der Waals surface area (Å²) < 4.78 is 10.6. The number of benzene rings is 1. The topological polar surface area (TPSA) is 84.0 Å². The molecular formula is C20H24N4O4. The van der Waals surface area contributed by atoms with Crippen molar-refractivity contribution in [3.63, 3.8) is 0 Å². The Bertz CT molecular complexity index is 834. The smallest absolute Gasteiger partial charge is 0.322 e. The number of methoxy groups -OCH3 is 1. The molecule has 1 aromatic carbocycles. The molecule has 1 N–H and O–H groups in total. The van der Waals surface area contributed by atoms with Crippen LogP contribution in [0.15, 0.2) is 42.6 Å². The molecule has 3 rings (SSSR count). The number of carbonyl (C=O) groups excluding carboxylic acids is 2. The predicted octanol–water partition coefficient (Wildman–Crippen LogP) is 2.48. The van der Waals surface area contributed by atoms with E-state index in [4.69, 9.17) is 9.47 Å². The van der Waals surface area contributed by atoms with Crippen molar-refractivity contribution in [2.45, 2.75) is 6.92 Å². The van der Waals surface area contributed by atoms with Crippen molar-refractivity contribution < 1.29 is 19.1 Å². The van der Waals surface area contributed by atoms with E-state index in [-0.39, 0.29) is 11.9 Å². The lowest BCUT2D eigenvalue weighted by atomic mass is 10.1. The van der Waals surface area contributed by atoms with E-state index in [1.165, 1.54) is 0 Å². The fourth-order valence-corrected chi connectivity index (χ4v) is 2.98. The number of hydrogen-bond acceptors (Lipinski definition) is 5. The van der Waals surface area contributed by atoms with Crippen LogP contribution in [-0.4, -0.2) is 66.6 Å². The number of nitrogens with zero attached hydrogens (tertiary/aromatic N) is 3. The fraction of sp³-hybridized carbons (Fsp3) is 0.350. The zero-order valence-electron chi connectivity index (χ0n) is 16.1. The van der Waals surface area contributed by atoms with Gasteiger partial charge in [-0.3, -0.25) is 4.79 Å². The number of hydrogen-bond donors (Lipinski definition) is 1. The third-order valence-electron chi connectivity index (χ3n) is 4.46. The monoisotopic (exact) mass is 384 g/mol. The number of carbonyl (C=O) groups is 2. The molecule has 2 aromatic rings. The zero-order chi connectivity index (χ0) is 19.9. The van der Waals surface area contributed by atoms with Crippen LogP contribution in [-0.2, 0) is 0 Å². The maximum absolute atomic E-state index is 12.7. The number of anilines is 1. The van der Waals surface area contributed by atoms with Crippen molar-refractivity contribution in [3.05, 3.63) is 48.2 Å². The van der Waals surface area contributed by atoms with Gasteiger partial charge in [0.25, 0.3) is 5.91 Å². The lowest BCUT2D eigenvalue weighted by Gasteiger charge is -2.34. The zero-order valence-corrected chi connectivity index (χ0v) is 16.1. The molecule has 28 heavy (non-hydrogen) atoms. The molecule has 0 spiro atoms. The summed E-state index contributed by atoms with van der Waals surface area (Å²) in [5.74, 6) is 0.973. The van der Waals surface area contributed by atoms with Gasteiger partial charge >= 0.3 is 6.03 Å². The maximum atomic E-state index is 12.7. The van der Waals surface area contributed by atoms with Crippen LogP contribution >= 0.6 is 0 Å². The van der Waals surface area contributed by atoms with Gasteiger partial charge in [-0.1, -0.05) is 6.07 Å². The first-order valence-electron chi connectivity index (χ1n) is 9.19. The van der Waals surface area contributed by atoms with Crippen molar-refractivity contribution in [1.29, 1.82) is 0 Å². The van der Waals surface area contributed by atoms with Crippen molar-refractivity contribution in [2.75, 3.05) is 45.2 Å². The number of pyridine rings is 1. The normalized spacial score (nSPS) is 13.8. The minimum Gasteiger partial charge on any atom is -0.497 e. The summed E-state index contributed by atoms with van der Waals surface area (Å²) in [6.07, 6.45) is 1.61. The minimum atomic E-state index is -0.234. The summed E-state index contributed by atoms with van der Waals surface area (Å²) in [5.41, 5.74) is 1.11. The van der Waals surface area contributed by atoms with Gasteiger partial charge in [0.05, 0.1) is 13.7 Å². The standard InChI is InChI=1S/C20H24N4O4/c1-3-28-18-17(8-5-9-21-18)22-20(26)24-12-10-23(11-13-24)19(25)15-6-4-7-16(14-15)27-2/h4-9,14H,3,10-13H2,1-2H3,(H,22,26). The molecule has 0 saturated carbocycles. The molecule has 0 atom stereocenters. The van der Waals surface area contributed by atoms with Gasteiger partial charge in [0, 0.05) is 37.9 Å². The van der Waals surface area contributed by atoms with Crippen LogP contribution in [0.25, 0.3) is 0 Å². The number of piperazine rings is 1. The fourth-order valence-electron chi connectivity index (χ4n) is 2.98. The van der Waals surface area contributed by atoms with Crippen molar-refractivity contribution in [3.8, 4) is 11.6 Å². The highest BCUT2D eigenvalue weighted by molar-refractivity contribution is 5.95. The first-order chi connectivity index (χ1) is 13.6. The third-order valence-corrected chi connectivity index (χ3v) is 4.46. The number of nitrogens with one attached hydrogen (secondary N) is 1. The van der Waals surface area contributed by atoms with Crippen LogP contribution in [0.1, 0.15) is 17.3 Å². The molecule has 0 radical (unpaired) electrons. The second-order valence-electron chi connectivity index (χ2n) is 6.23. The molecule has 1 saturated heterocycles. The predicted molar refractivity (Wildman–Crippen MR) is 105 cm³/mol. The van der Waals surface area contributed by atoms with Gasteiger partial charge < -0.3 is 24.6 Å². The van der Waals surface area contributed by atoms with E-state index in [1.54, 1.807) is 59.5 Å². The summed E-state index contributed by atoms with van der Waals surface area (Å²) in [6, 6.07) is 10.3. The molecule has 0 unspecified atom stereocenters. The molecule has 1 aliphatic heterocycles. The average Bonchev–Trinajstić information content (AvgIpc) is 2.75. The Kier molecular flexibility index (Phi) is 6.31. The highest BCUT2D eigenvalue weighted by Crippen LogP contribution is 2.21. The van der Waals surface area contributed by atoms with Crippen LogP contribution in [0.5, 0.6) is 11.6 Å². The van der Waals surface area contributed by atoms with Gasteiger partial charge in [0.15, 0.2) is 0 Å². The van der Waals surface area contributed by atoms with Crippen LogP contribution in [0, 0.1) is 0 Å². The number of aromatic nitrogens is 1. The Labute approximate surface area is 164 Å². The van der Waals surface area contributed by atoms with E-state index in [1.807, 2.05) is 6.92 Å². The largest absolute Gasteiger partial charge is 0.497 e. The second-order valence-corrected chi connectivity index (χ2v) is 6.23. The highest BCUT2D eigenvalue weighted by Gasteiger charge is 2.25. The number of ether oxygens (including phenoxy) is 2. The van der Waals surface area contributed by atoms with Gasteiger partial charge in [0.1, 0.15) is 11.4 Å². The first-order valence-corrected chi connectivity index (χ1v) is 9.19. The molecule has 1 fully saturated rings. The molecule has 1 aromatic heterocycles. The van der Waals surface area contributed by atoms with Crippen LogP contribution < -0.4 is 14.8 Å². The molecule has 3 amide bonds. The molecule has 8 nitrogen and oxygen atoms in total. The van der Waals surface area contributed by atoms with Crippen LogP contribution in [0.2, 0.25) is 0 Å². The number of amides is 3. The van der Waals surface area contributed by atoms with Crippen LogP contribution in [0.4, 0.5) is 10.5 Å². The summed E-state index contributed by atoms with van der Waals surface area (Å²) in [7, 11) is 1.57. The van der Waals surface area contributed by atoms with Crippen molar-refractivity contribution >= 4 is 17.6 Å².